The molecule has 0 saturated carbocycles. The van der Waals surface area contributed by atoms with Crippen LogP contribution in [0, 0.1) is 0 Å². The van der Waals surface area contributed by atoms with Gasteiger partial charge in [0.2, 0.25) is 0 Å². The van der Waals surface area contributed by atoms with E-state index in [9.17, 15) is 0 Å². The third-order valence-electron chi connectivity index (χ3n) is 16.1. The van der Waals surface area contributed by atoms with Crippen molar-refractivity contribution in [3.8, 4) is 55.6 Å². The lowest BCUT2D eigenvalue weighted by molar-refractivity contribution is 0.658. The van der Waals surface area contributed by atoms with E-state index in [0.29, 0.717) is 5.92 Å². The highest BCUT2D eigenvalue weighted by molar-refractivity contribution is 6.26. The van der Waals surface area contributed by atoms with Gasteiger partial charge in [0.05, 0.1) is 0 Å². The van der Waals surface area contributed by atoms with Crippen LogP contribution >= 0.6 is 0 Å². The quantitative estimate of drug-likeness (QED) is 0.153. The fourth-order valence-corrected chi connectivity index (χ4v) is 13.0. The van der Waals surface area contributed by atoms with Crippen LogP contribution in [-0.4, -0.2) is 0 Å². The second-order valence-corrected chi connectivity index (χ2v) is 20.4. The summed E-state index contributed by atoms with van der Waals surface area (Å²) < 4.78 is 0. The maximum absolute atomic E-state index is 2.59. The Hall–Kier alpha value is -6.50. The molecule has 62 heavy (non-hydrogen) atoms. The lowest BCUT2D eigenvalue weighted by Crippen LogP contribution is -2.15. The van der Waals surface area contributed by atoms with Gasteiger partial charge in [0.15, 0.2) is 0 Å². The van der Waals surface area contributed by atoms with Gasteiger partial charge in [-0.25, -0.2) is 0 Å². The Labute approximate surface area is 365 Å². The molecule has 4 aliphatic rings. The van der Waals surface area contributed by atoms with Crippen LogP contribution in [0.2, 0.25) is 0 Å². The maximum Gasteiger partial charge on any atom is 0.0159 e. The van der Waals surface area contributed by atoms with Crippen molar-refractivity contribution in [2.24, 2.45) is 0 Å². The molecule has 4 aliphatic carbocycles. The zero-order valence-corrected chi connectivity index (χ0v) is 36.8. The second kappa shape index (κ2) is 12.1. The van der Waals surface area contributed by atoms with Crippen molar-refractivity contribution in [2.45, 2.75) is 77.0 Å². The fourth-order valence-electron chi connectivity index (χ4n) is 13.0. The van der Waals surface area contributed by atoms with Crippen LogP contribution in [0.15, 0.2) is 152 Å². The molecule has 0 spiro atoms. The average molecular weight is 795 g/mol. The Morgan fingerprint density at radius 3 is 1.56 bits per heavy atom. The van der Waals surface area contributed by atoms with E-state index in [4.69, 9.17) is 0 Å². The monoisotopic (exact) mass is 794 g/mol. The molecule has 9 aromatic carbocycles. The third-order valence-corrected chi connectivity index (χ3v) is 16.1. The molecule has 0 bridgehead atoms. The molecule has 1 atom stereocenters. The van der Waals surface area contributed by atoms with Crippen LogP contribution < -0.4 is 0 Å². The Morgan fingerprint density at radius 1 is 0.387 bits per heavy atom. The Bertz CT molecular complexity index is 3450. The van der Waals surface area contributed by atoms with Gasteiger partial charge in [-0.05, 0) is 157 Å². The molecule has 0 aromatic heterocycles. The van der Waals surface area contributed by atoms with Crippen LogP contribution in [0.25, 0.3) is 94.0 Å². The van der Waals surface area contributed by atoms with Crippen molar-refractivity contribution >= 4 is 38.4 Å². The van der Waals surface area contributed by atoms with Crippen molar-refractivity contribution in [3.05, 3.63) is 196 Å². The average Bonchev–Trinajstić information content (AvgIpc) is 3.77. The van der Waals surface area contributed by atoms with Crippen molar-refractivity contribution < 1.29 is 0 Å². The first-order valence-electron chi connectivity index (χ1n) is 22.8. The normalized spacial score (nSPS) is 17.7. The number of hydrogen-bond acceptors (Lipinski definition) is 0. The minimum absolute atomic E-state index is 0.0991. The molecule has 0 radical (unpaired) electrons. The summed E-state index contributed by atoms with van der Waals surface area (Å²) in [6.07, 6.45) is 5.78. The second-order valence-electron chi connectivity index (χ2n) is 20.4. The fraction of sp³-hybridized carbons (Fsp3) is 0.194. The van der Waals surface area contributed by atoms with Crippen LogP contribution in [-0.2, 0) is 16.2 Å². The molecule has 0 aliphatic heterocycles. The molecular weight excluding hydrogens is 745 g/mol. The van der Waals surface area contributed by atoms with E-state index in [-0.39, 0.29) is 16.2 Å². The first kappa shape index (κ1) is 36.2. The van der Waals surface area contributed by atoms with Crippen molar-refractivity contribution in [2.75, 3.05) is 0 Å². The number of hydrogen-bond donors (Lipinski definition) is 0. The SMILES string of the molecule is CC1CC=Cc2ccc3c(c21)-c1ccc(-c2c4ccccc4c(-c4cc5c(c6c7c(ccc46)C(C)(C)c4ccccc4-7)-c4ccccc4C5(C)C)c4ccccc24)cc1C3(C)C. The highest BCUT2D eigenvalue weighted by Gasteiger charge is 2.43. The molecular formula is C62H50. The molecule has 0 saturated heterocycles. The smallest absolute Gasteiger partial charge is 0.0159 e. The summed E-state index contributed by atoms with van der Waals surface area (Å²) in [6.45, 7) is 17.0. The van der Waals surface area contributed by atoms with Gasteiger partial charge in [-0.2, -0.15) is 0 Å². The highest BCUT2D eigenvalue weighted by atomic mass is 14.5. The number of allylic oxidation sites excluding steroid dienone is 1. The minimum Gasteiger partial charge on any atom is -0.0833 e. The lowest BCUT2D eigenvalue weighted by atomic mass is 9.77. The molecule has 0 N–H and O–H groups in total. The molecule has 0 fully saturated rings. The van der Waals surface area contributed by atoms with E-state index in [2.05, 4.69) is 206 Å². The van der Waals surface area contributed by atoms with Gasteiger partial charge in [-0.3, -0.25) is 0 Å². The Balaban J connectivity index is 1.12. The van der Waals surface area contributed by atoms with E-state index < -0.39 is 0 Å². The predicted molar refractivity (Wildman–Crippen MR) is 265 cm³/mol. The van der Waals surface area contributed by atoms with Gasteiger partial charge in [0.1, 0.15) is 0 Å². The van der Waals surface area contributed by atoms with E-state index >= 15 is 0 Å². The third kappa shape index (κ3) is 4.43. The molecule has 0 nitrogen and oxygen atoms in total. The summed E-state index contributed by atoms with van der Waals surface area (Å²) in [6, 6.07) is 56.6. The first-order chi connectivity index (χ1) is 30.0. The van der Waals surface area contributed by atoms with E-state index in [1.165, 1.54) is 132 Å². The molecule has 13 rings (SSSR count). The van der Waals surface area contributed by atoms with Gasteiger partial charge in [0, 0.05) is 16.2 Å². The summed E-state index contributed by atoms with van der Waals surface area (Å²) in [7, 11) is 0. The number of benzene rings is 9. The highest BCUT2D eigenvalue weighted by Crippen LogP contribution is 2.60. The zero-order valence-electron chi connectivity index (χ0n) is 36.8. The van der Waals surface area contributed by atoms with Crippen molar-refractivity contribution in [1.29, 1.82) is 0 Å². The predicted octanol–water partition coefficient (Wildman–Crippen LogP) is 16.9. The summed E-state index contributed by atoms with van der Waals surface area (Å²) in [5.74, 6) is 0.504. The van der Waals surface area contributed by atoms with Crippen LogP contribution in [0.1, 0.15) is 105 Å². The van der Waals surface area contributed by atoms with Crippen LogP contribution in [0.4, 0.5) is 0 Å². The van der Waals surface area contributed by atoms with E-state index in [0.717, 1.165) is 6.42 Å². The standard InChI is InChI=1S/C62H50/c1-35-17-16-18-36-28-31-49-56(53(35)36)45-29-27-37(33-51(45)62(49,6)7)54-38-19-8-10-21-40(38)55(41-22-11-9-20-39(41)54)46-34-52-58(44-24-13-15-26-48(44)61(52,4)5)59-42(46)30-32-50-57(59)43-23-12-14-25-47(43)60(50,2)3/h8-16,18-35H,17H2,1-7H3. The van der Waals surface area contributed by atoms with Gasteiger partial charge in [-0.1, -0.05) is 194 Å². The topological polar surface area (TPSA) is 0 Å². The zero-order chi connectivity index (χ0) is 42.0. The van der Waals surface area contributed by atoms with Crippen molar-refractivity contribution in [3.63, 3.8) is 0 Å². The largest absolute Gasteiger partial charge is 0.0833 e. The summed E-state index contributed by atoms with van der Waals surface area (Å²) >= 11 is 0. The molecule has 1 unspecified atom stereocenters. The summed E-state index contributed by atoms with van der Waals surface area (Å²) in [4.78, 5) is 0. The summed E-state index contributed by atoms with van der Waals surface area (Å²) in [5.41, 5.74) is 24.8. The van der Waals surface area contributed by atoms with Gasteiger partial charge in [-0.15, -0.1) is 0 Å². The lowest BCUT2D eigenvalue weighted by Gasteiger charge is -2.26. The molecule has 0 heterocycles. The molecule has 9 aromatic rings. The Kier molecular flexibility index (Phi) is 7.07. The molecule has 298 valence electrons. The first-order valence-corrected chi connectivity index (χ1v) is 22.8. The molecule has 0 heteroatoms. The summed E-state index contributed by atoms with van der Waals surface area (Å²) in [5, 5.41) is 7.93. The number of fused-ring (bicyclic) bond motifs is 16. The van der Waals surface area contributed by atoms with Crippen LogP contribution in [0.3, 0.4) is 0 Å². The van der Waals surface area contributed by atoms with Crippen molar-refractivity contribution in [1.82, 2.24) is 0 Å². The van der Waals surface area contributed by atoms with Gasteiger partial charge in [0.25, 0.3) is 0 Å². The number of rotatable bonds is 2. The Morgan fingerprint density at radius 2 is 0.903 bits per heavy atom. The van der Waals surface area contributed by atoms with Crippen LogP contribution in [0.5, 0.6) is 0 Å². The van der Waals surface area contributed by atoms with E-state index in [1.807, 2.05) is 0 Å². The van der Waals surface area contributed by atoms with Gasteiger partial charge < -0.3 is 0 Å². The van der Waals surface area contributed by atoms with E-state index in [1.54, 1.807) is 0 Å². The maximum atomic E-state index is 2.59. The molecule has 0 amide bonds. The minimum atomic E-state index is -0.168. The van der Waals surface area contributed by atoms with Gasteiger partial charge >= 0.3 is 0 Å².